The van der Waals surface area contributed by atoms with Crippen molar-refractivity contribution in [1.82, 2.24) is 4.57 Å². The zero-order chi connectivity index (χ0) is 18.7. The third-order valence-electron chi connectivity index (χ3n) is 3.92. The Morgan fingerprint density at radius 3 is 2.38 bits per heavy atom. The minimum Gasteiger partial charge on any atom is -0.493 e. The molecule has 2 aromatic carbocycles. The summed E-state index contributed by atoms with van der Waals surface area (Å²) in [6, 6.07) is 18.4. The SMILES string of the molecule is Cc1cc(=O)n(-c2ccc(C(=O)Nc3ccccc3)cc2)c(O)c1C#N. The average molecular weight is 345 g/mol. The van der Waals surface area contributed by atoms with Crippen LogP contribution in [0, 0.1) is 18.3 Å². The maximum Gasteiger partial charge on any atom is 0.258 e. The molecule has 1 heterocycles. The van der Waals surface area contributed by atoms with Crippen LogP contribution in [0.15, 0.2) is 65.5 Å². The van der Waals surface area contributed by atoms with Gasteiger partial charge in [0.2, 0.25) is 5.88 Å². The molecule has 1 aromatic heterocycles. The van der Waals surface area contributed by atoms with E-state index in [1.54, 1.807) is 31.2 Å². The van der Waals surface area contributed by atoms with Crippen LogP contribution in [0.2, 0.25) is 0 Å². The van der Waals surface area contributed by atoms with E-state index in [0.717, 1.165) is 4.57 Å². The standard InChI is InChI=1S/C20H15N3O3/c1-13-11-18(24)23(20(26)17(13)12-21)16-9-7-14(8-10-16)19(25)22-15-5-3-2-4-6-15/h2-11,26H,1H3,(H,22,25). The minimum atomic E-state index is -0.458. The molecule has 0 saturated heterocycles. The highest BCUT2D eigenvalue weighted by atomic mass is 16.3. The molecule has 26 heavy (non-hydrogen) atoms. The number of hydrogen-bond acceptors (Lipinski definition) is 4. The number of hydrogen-bond donors (Lipinski definition) is 2. The van der Waals surface area contributed by atoms with Gasteiger partial charge in [-0.1, -0.05) is 18.2 Å². The predicted octanol–water partition coefficient (Wildman–Crippen LogP) is 2.98. The largest absolute Gasteiger partial charge is 0.493 e. The summed E-state index contributed by atoms with van der Waals surface area (Å²) < 4.78 is 1.03. The Bertz CT molecular complexity index is 1060. The Morgan fingerprint density at radius 2 is 1.77 bits per heavy atom. The van der Waals surface area contributed by atoms with Gasteiger partial charge in [0.05, 0.1) is 5.69 Å². The third kappa shape index (κ3) is 3.19. The summed E-state index contributed by atoms with van der Waals surface area (Å²) in [4.78, 5) is 24.5. The highest BCUT2D eigenvalue weighted by Gasteiger charge is 2.14. The predicted molar refractivity (Wildman–Crippen MR) is 97.6 cm³/mol. The van der Waals surface area contributed by atoms with Crippen molar-refractivity contribution in [2.45, 2.75) is 6.92 Å². The first-order valence-corrected chi connectivity index (χ1v) is 7.84. The monoisotopic (exact) mass is 345 g/mol. The summed E-state index contributed by atoms with van der Waals surface area (Å²) in [5.41, 5.74) is 1.42. The second-order valence-electron chi connectivity index (χ2n) is 5.68. The molecule has 0 aliphatic heterocycles. The zero-order valence-electron chi connectivity index (χ0n) is 13.9. The fourth-order valence-corrected chi connectivity index (χ4v) is 2.59. The summed E-state index contributed by atoms with van der Waals surface area (Å²) in [6.45, 7) is 1.58. The van der Waals surface area contributed by atoms with E-state index in [0.29, 0.717) is 22.5 Å². The van der Waals surface area contributed by atoms with Crippen molar-refractivity contribution in [3.05, 3.63) is 87.7 Å². The number of aromatic hydroxyl groups is 1. The molecule has 0 atom stereocenters. The molecule has 6 nitrogen and oxygen atoms in total. The zero-order valence-corrected chi connectivity index (χ0v) is 13.9. The highest BCUT2D eigenvalue weighted by Crippen LogP contribution is 2.21. The number of para-hydroxylation sites is 1. The molecule has 128 valence electrons. The number of carbonyl (C=O) groups excluding carboxylic acids is 1. The van der Waals surface area contributed by atoms with E-state index in [4.69, 9.17) is 5.26 Å². The molecule has 0 unspecified atom stereocenters. The molecule has 6 heteroatoms. The van der Waals surface area contributed by atoms with E-state index in [2.05, 4.69) is 5.32 Å². The van der Waals surface area contributed by atoms with E-state index in [-0.39, 0.29) is 11.5 Å². The molecule has 1 amide bonds. The number of anilines is 1. The van der Waals surface area contributed by atoms with Crippen molar-refractivity contribution >= 4 is 11.6 Å². The lowest BCUT2D eigenvalue weighted by atomic mass is 10.1. The first-order valence-electron chi connectivity index (χ1n) is 7.84. The number of benzene rings is 2. The van der Waals surface area contributed by atoms with E-state index in [1.807, 2.05) is 24.3 Å². The molecule has 0 aliphatic carbocycles. The number of aromatic nitrogens is 1. The average Bonchev–Trinajstić information content (AvgIpc) is 2.63. The molecule has 0 radical (unpaired) electrons. The van der Waals surface area contributed by atoms with Gasteiger partial charge in [-0.3, -0.25) is 9.59 Å². The molecule has 0 spiro atoms. The van der Waals surface area contributed by atoms with Crippen LogP contribution in [0.1, 0.15) is 21.5 Å². The van der Waals surface area contributed by atoms with Gasteiger partial charge in [-0.2, -0.15) is 5.26 Å². The Kier molecular flexibility index (Phi) is 4.54. The van der Waals surface area contributed by atoms with Crippen molar-refractivity contribution in [3.8, 4) is 17.6 Å². The molecule has 0 aliphatic rings. The maximum absolute atomic E-state index is 12.3. The van der Waals surface area contributed by atoms with Crippen molar-refractivity contribution in [3.63, 3.8) is 0 Å². The number of pyridine rings is 1. The number of nitrogens with one attached hydrogen (secondary N) is 1. The Balaban J connectivity index is 1.93. The topological polar surface area (TPSA) is 95.1 Å². The van der Waals surface area contributed by atoms with Gasteiger partial charge in [0.25, 0.3) is 11.5 Å². The van der Waals surface area contributed by atoms with Crippen molar-refractivity contribution in [2.75, 3.05) is 5.32 Å². The smallest absolute Gasteiger partial charge is 0.258 e. The second-order valence-corrected chi connectivity index (χ2v) is 5.68. The Labute approximate surface area is 149 Å². The molecule has 2 N–H and O–H groups in total. The number of carbonyl (C=O) groups is 1. The highest BCUT2D eigenvalue weighted by molar-refractivity contribution is 6.04. The summed E-state index contributed by atoms with van der Waals surface area (Å²) in [6.07, 6.45) is 0. The number of nitriles is 1. The number of amides is 1. The van der Waals surface area contributed by atoms with Crippen LogP contribution in [-0.4, -0.2) is 15.6 Å². The van der Waals surface area contributed by atoms with Gasteiger partial charge in [-0.25, -0.2) is 4.57 Å². The molecule has 3 rings (SSSR count). The molecule has 0 bridgehead atoms. The van der Waals surface area contributed by atoms with Gasteiger partial charge in [0.15, 0.2) is 0 Å². The third-order valence-corrected chi connectivity index (χ3v) is 3.92. The lowest BCUT2D eigenvalue weighted by Crippen LogP contribution is -2.19. The fraction of sp³-hybridized carbons (Fsp3) is 0.0500. The lowest BCUT2D eigenvalue weighted by molar-refractivity contribution is 0.102. The van der Waals surface area contributed by atoms with E-state index in [1.165, 1.54) is 18.2 Å². The fourth-order valence-electron chi connectivity index (χ4n) is 2.59. The van der Waals surface area contributed by atoms with Gasteiger partial charge in [-0.15, -0.1) is 0 Å². The Morgan fingerprint density at radius 1 is 1.12 bits per heavy atom. The van der Waals surface area contributed by atoms with Crippen LogP contribution in [0.5, 0.6) is 5.88 Å². The second kappa shape index (κ2) is 6.95. The molecule has 0 fully saturated rings. The van der Waals surface area contributed by atoms with E-state index < -0.39 is 11.4 Å². The summed E-state index contributed by atoms with van der Waals surface area (Å²) in [5.74, 6) is -0.708. The van der Waals surface area contributed by atoms with Crippen molar-refractivity contribution in [1.29, 1.82) is 5.26 Å². The minimum absolute atomic E-state index is 0.0375. The van der Waals surface area contributed by atoms with Gasteiger partial charge in [0, 0.05) is 17.3 Å². The van der Waals surface area contributed by atoms with Gasteiger partial charge in [0.1, 0.15) is 11.6 Å². The quantitative estimate of drug-likeness (QED) is 0.763. The molecule has 3 aromatic rings. The number of aryl methyl sites for hydroxylation is 1. The van der Waals surface area contributed by atoms with Gasteiger partial charge >= 0.3 is 0 Å². The summed E-state index contributed by atoms with van der Waals surface area (Å²) in [7, 11) is 0. The van der Waals surface area contributed by atoms with E-state index in [9.17, 15) is 14.7 Å². The number of nitrogens with zero attached hydrogens (tertiary/aromatic N) is 2. The molecular weight excluding hydrogens is 330 g/mol. The van der Waals surface area contributed by atoms with E-state index >= 15 is 0 Å². The number of rotatable bonds is 3. The van der Waals surface area contributed by atoms with Gasteiger partial charge < -0.3 is 10.4 Å². The molecule has 0 saturated carbocycles. The molecular formula is C20H15N3O3. The Hall–Kier alpha value is -3.85. The first kappa shape index (κ1) is 17.0. The van der Waals surface area contributed by atoms with Crippen LogP contribution in [0.25, 0.3) is 5.69 Å². The lowest BCUT2D eigenvalue weighted by Gasteiger charge is -2.11. The first-order chi connectivity index (χ1) is 12.5. The van der Waals surface area contributed by atoms with Crippen LogP contribution < -0.4 is 10.9 Å². The van der Waals surface area contributed by atoms with Crippen molar-refractivity contribution in [2.24, 2.45) is 0 Å². The van der Waals surface area contributed by atoms with Crippen LogP contribution >= 0.6 is 0 Å². The van der Waals surface area contributed by atoms with Crippen molar-refractivity contribution < 1.29 is 9.90 Å². The summed E-state index contributed by atoms with van der Waals surface area (Å²) >= 11 is 0. The maximum atomic E-state index is 12.3. The van der Waals surface area contributed by atoms with Gasteiger partial charge in [-0.05, 0) is 48.9 Å². The summed E-state index contributed by atoms with van der Waals surface area (Å²) in [5, 5.41) is 22.1. The normalized spacial score (nSPS) is 10.2. The van der Waals surface area contributed by atoms with Crippen LogP contribution in [0.3, 0.4) is 0 Å². The van der Waals surface area contributed by atoms with Crippen LogP contribution in [-0.2, 0) is 0 Å². The van der Waals surface area contributed by atoms with Crippen LogP contribution in [0.4, 0.5) is 5.69 Å².